The monoisotopic (exact) mass is 486 g/mol. The molecule has 0 unspecified atom stereocenters. The zero-order valence-electron chi connectivity index (χ0n) is 15.5. The highest BCUT2D eigenvalue weighted by molar-refractivity contribution is 7.92. The number of ether oxygens (including phenoxy) is 1. The molecular weight excluding hydrogens is 473 g/mol. The molecule has 0 aliphatic heterocycles. The fourth-order valence-corrected chi connectivity index (χ4v) is 3.93. The highest BCUT2D eigenvalue weighted by atomic mass is 35.5. The second-order valence-electron chi connectivity index (χ2n) is 6.17. The maximum atomic E-state index is 13.6. The maximum Gasteiger partial charge on any atom is 0.262 e. The van der Waals surface area contributed by atoms with Crippen LogP contribution in [0.15, 0.2) is 65.6 Å². The van der Waals surface area contributed by atoms with E-state index in [2.05, 4.69) is 10.0 Å². The van der Waals surface area contributed by atoms with E-state index in [1.54, 1.807) is 0 Å². The molecule has 3 aromatic carbocycles. The molecule has 0 fully saturated rings. The van der Waals surface area contributed by atoms with Crippen molar-refractivity contribution in [2.45, 2.75) is 4.90 Å². The van der Waals surface area contributed by atoms with Gasteiger partial charge in [0.1, 0.15) is 17.4 Å². The fourth-order valence-electron chi connectivity index (χ4n) is 2.42. The third-order valence-corrected chi connectivity index (χ3v) is 5.80. The number of sulfonamides is 1. The third-order valence-electron chi connectivity index (χ3n) is 3.87. The predicted octanol–water partition coefficient (Wildman–Crippen LogP) is 5.09. The Morgan fingerprint density at radius 1 is 0.968 bits per heavy atom. The summed E-state index contributed by atoms with van der Waals surface area (Å²) in [6.45, 7) is -0.565. The molecule has 0 spiro atoms. The average Bonchev–Trinajstić information content (AvgIpc) is 2.71. The van der Waals surface area contributed by atoms with Gasteiger partial charge >= 0.3 is 0 Å². The molecule has 0 saturated carbocycles. The van der Waals surface area contributed by atoms with E-state index in [9.17, 15) is 22.0 Å². The van der Waals surface area contributed by atoms with E-state index in [0.29, 0.717) is 10.7 Å². The van der Waals surface area contributed by atoms with Gasteiger partial charge < -0.3 is 10.1 Å². The van der Waals surface area contributed by atoms with Crippen molar-refractivity contribution < 1.29 is 26.7 Å². The van der Waals surface area contributed by atoms with Gasteiger partial charge in [0, 0.05) is 16.8 Å². The smallest absolute Gasteiger partial charge is 0.262 e. The second kappa shape index (κ2) is 9.51. The molecule has 6 nitrogen and oxygen atoms in total. The summed E-state index contributed by atoms with van der Waals surface area (Å²) in [6.07, 6.45) is 0. The summed E-state index contributed by atoms with van der Waals surface area (Å²) in [4.78, 5) is 11.8. The second-order valence-corrected chi connectivity index (χ2v) is 8.69. The van der Waals surface area contributed by atoms with Crippen LogP contribution in [0.5, 0.6) is 5.75 Å². The Kier molecular flexibility index (Phi) is 6.99. The Bertz CT molecular complexity index is 1220. The molecule has 0 heterocycles. The van der Waals surface area contributed by atoms with Crippen LogP contribution in [0.3, 0.4) is 0 Å². The van der Waals surface area contributed by atoms with Crippen molar-refractivity contribution in [1.29, 1.82) is 0 Å². The highest BCUT2D eigenvalue weighted by Crippen LogP contribution is 2.28. The van der Waals surface area contributed by atoms with Crippen LogP contribution in [0.25, 0.3) is 0 Å². The van der Waals surface area contributed by atoms with Gasteiger partial charge in [0.05, 0.1) is 15.6 Å². The molecule has 2 N–H and O–H groups in total. The summed E-state index contributed by atoms with van der Waals surface area (Å²) in [7, 11) is -3.94. The molecule has 0 aliphatic rings. The number of hydrogen-bond acceptors (Lipinski definition) is 4. The van der Waals surface area contributed by atoms with Crippen molar-refractivity contribution in [3.8, 4) is 5.75 Å². The van der Waals surface area contributed by atoms with Crippen LogP contribution in [0.4, 0.5) is 20.2 Å². The number of carbonyl (C=O) groups excluding carboxylic acids is 1. The standard InChI is InChI=1S/C20H14Cl2F2N2O4S/c21-12-1-4-14(5-2-12)26-31(28,29)15-6-8-19(16(22)10-15)30-11-20(27)25-18-9-13(23)3-7-17(18)24/h1-10,26H,11H2,(H,25,27). The van der Waals surface area contributed by atoms with E-state index < -0.39 is 34.2 Å². The highest BCUT2D eigenvalue weighted by Gasteiger charge is 2.17. The molecule has 3 aromatic rings. The van der Waals surface area contributed by atoms with Crippen molar-refractivity contribution in [1.82, 2.24) is 0 Å². The minimum Gasteiger partial charge on any atom is -0.482 e. The zero-order chi connectivity index (χ0) is 22.6. The van der Waals surface area contributed by atoms with Crippen molar-refractivity contribution in [2.24, 2.45) is 0 Å². The number of nitrogens with one attached hydrogen (secondary N) is 2. The first kappa shape index (κ1) is 22.8. The van der Waals surface area contributed by atoms with Gasteiger partial charge in [-0.15, -0.1) is 0 Å². The van der Waals surface area contributed by atoms with E-state index in [-0.39, 0.29) is 21.4 Å². The van der Waals surface area contributed by atoms with Crippen molar-refractivity contribution in [2.75, 3.05) is 16.6 Å². The molecule has 0 aliphatic carbocycles. The topological polar surface area (TPSA) is 84.5 Å². The zero-order valence-corrected chi connectivity index (χ0v) is 17.9. The number of rotatable bonds is 7. The summed E-state index contributed by atoms with van der Waals surface area (Å²) in [5.41, 5.74) is -0.0310. The normalized spacial score (nSPS) is 11.1. The Morgan fingerprint density at radius 2 is 1.68 bits per heavy atom. The summed E-state index contributed by atoms with van der Waals surface area (Å²) in [6, 6.07) is 12.3. The Hall–Kier alpha value is -2.88. The molecule has 11 heteroatoms. The average molecular weight is 487 g/mol. The lowest BCUT2D eigenvalue weighted by Gasteiger charge is -2.12. The van der Waals surface area contributed by atoms with Gasteiger partial charge in [0.15, 0.2) is 6.61 Å². The minimum absolute atomic E-state index is 0.0296. The Labute approximate surface area is 186 Å². The summed E-state index contributed by atoms with van der Waals surface area (Å²) in [5, 5.41) is 2.56. The lowest BCUT2D eigenvalue weighted by Crippen LogP contribution is -2.21. The molecule has 31 heavy (non-hydrogen) atoms. The van der Waals surface area contributed by atoms with E-state index in [4.69, 9.17) is 27.9 Å². The molecule has 0 radical (unpaired) electrons. The molecule has 0 saturated heterocycles. The molecule has 0 bridgehead atoms. The number of halogens is 4. The summed E-state index contributed by atoms with van der Waals surface area (Å²) in [5.74, 6) is -2.26. The van der Waals surface area contributed by atoms with E-state index in [0.717, 1.165) is 24.3 Å². The van der Waals surface area contributed by atoms with Gasteiger partial charge in [0.2, 0.25) is 0 Å². The van der Waals surface area contributed by atoms with E-state index in [1.807, 2.05) is 0 Å². The van der Waals surface area contributed by atoms with Gasteiger partial charge in [-0.1, -0.05) is 23.2 Å². The van der Waals surface area contributed by atoms with Crippen LogP contribution >= 0.6 is 23.2 Å². The van der Waals surface area contributed by atoms with Gasteiger partial charge in [-0.2, -0.15) is 0 Å². The lowest BCUT2D eigenvalue weighted by molar-refractivity contribution is -0.118. The van der Waals surface area contributed by atoms with Crippen molar-refractivity contribution in [3.63, 3.8) is 0 Å². The van der Waals surface area contributed by atoms with E-state index in [1.165, 1.54) is 36.4 Å². The first-order valence-corrected chi connectivity index (χ1v) is 10.8. The van der Waals surface area contributed by atoms with Crippen molar-refractivity contribution in [3.05, 3.63) is 82.3 Å². The number of carbonyl (C=O) groups is 1. The Balaban J connectivity index is 1.65. The number of hydrogen-bond donors (Lipinski definition) is 2. The number of amides is 1. The first-order chi connectivity index (χ1) is 14.6. The third kappa shape index (κ3) is 6.06. The van der Waals surface area contributed by atoms with Crippen LogP contribution in [-0.2, 0) is 14.8 Å². The van der Waals surface area contributed by atoms with Crippen LogP contribution in [0.2, 0.25) is 10.0 Å². The minimum atomic E-state index is -3.94. The first-order valence-electron chi connectivity index (χ1n) is 8.60. The molecular formula is C20H14Cl2F2N2O4S. The number of anilines is 2. The van der Waals surface area contributed by atoms with Crippen LogP contribution in [0, 0.1) is 11.6 Å². The van der Waals surface area contributed by atoms with Gasteiger partial charge in [-0.25, -0.2) is 17.2 Å². The predicted molar refractivity (Wildman–Crippen MR) is 114 cm³/mol. The maximum absolute atomic E-state index is 13.6. The summed E-state index contributed by atoms with van der Waals surface area (Å²) < 4.78 is 59.4. The molecule has 0 aromatic heterocycles. The molecule has 162 valence electrons. The Morgan fingerprint density at radius 3 is 2.35 bits per heavy atom. The molecule has 3 rings (SSSR count). The van der Waals surface area contributed by atoms with Crippen LogP contribution in [0.1, 0.15) is 0 Å². The lowest BCUT2D eigenvalue weighted by atomic mass is 10.3. The van der Waals surface area contributed by atoms with Gasteiger partial charge in [-0.05, 0) is 54.6 Å². The van der Waals surface area contributed by atoms with Crippen molar-refractivity contribution >= 4 is 50.5 Å². The SMILES string of the molecule is O=C(COc1ccc(S(=O)(=O)Nc2ccc(Cl)cc2)cc1Cl)Nc1cc(F)ccc1F. The quantitative estimate of drug-likeness (QED) is 0.487. The van der Waals surface area contributed by atoms with E-state index >= 15 is 0 Å². The van der Waals surface area contributed by atoms with Gasteiger partial charge in [-0.3, -0.25) is 9.52 Å². The van der Waals surface area contributed by atoms with Crippen LogP contribution < -0.4 is 14.8 Å². The fraction of sp³-hybridized carbons (Fsp3) is 0.0500. The van der Waals surface area contributed by atoms with Crippen LogP contribution in [-0.4, -0.2) is 20.9 Å². The molecule has 1 amide bonds. The summed E-state index contributed by atoms with van der Waals surface area (Å²) >= 11 is 11.9. The largest absolute Gasteiger partial charge is 0.482 e. The molecule has 0 atom stereocenters. The number of benzene rings is 3. The van der Waals surface area contributed by atoms with Gasteiger partial charge in [0.25, 0.3) is 15.9 Å².